The Balaban J connectivity index is 1.30. The molecule has 2 aliphatic carbocycles. The Bertz CT molecular complexity index is 1630. The summed E-state index contributed by atoms with van der Waals surface area (Å²) in [7, 11) is 0. The highest BCUT2D eigenvalue weighted by Crippen LogP contribution is 2.46. The summed E-state index contributed by atoms with van der Waals surface area (Å²) in [6.07, 6.45) is 11.2. The van der Waals surface area contributed by atoms with Crippen LogP contribution in [-0.4, -0.2) is 133 Å². The Kier molecular flexibility index (Phi) is 12.7. The number of likely N-dealkylation sites (N-methyl/N-ethyl adjacent to an activating group) is 1. The van der Waals surface area contributed by atoms with E-state index in [0.717, 1.165) is 51.4 Å². The van der Waals surface area contributed by atoms with Crippen LogP contribution in [-0.2, 0) is 24.0 Å². The van der Waals surface area contributed by atoms with Gasteiger partial charge in [0.2, 0.25) is 23.6 Å². The molecule has 6 unspecified atom stereocenters. The number of hydrogen-bond donors (Lipinski definition) is 5. The summed E-state index contributed by atoms with van der Waals surface area (Å²) in [5.41, 5.74) is -1.72. The van der Waals surface area contributed by atoms with Crippen LogP contribution in [0.1, 0.15) is 122 Å². The number of hydrogen-bond acceptors (Lipinski definition) is 10. The van der Waals surface area contributed by atoms with E-state index in [-0.39, 0.29) is 42.6 Å². The van der Waals surface area contributed by atoms with E-state index in [1.165, 1.54) is 23.5 Å². The fourth-order valence-corrected chi connectivity index (χ4v) is 9.39. The van der Waals surface area contributed by atoms with E-state index in [2.05, 4.69) is 36.1 Å². The first kappa shape index (κ1) is 41.5. The third-order valence-electron chi connectivity index (χ3n) is 12.4. The van der Waals surface area contributed by atoms with Gasteiger partial charge in [-0.3, -0.25) is 38.7 Å². The molecule has 5 N–H and O–H groups in total. The van der Waals surface area contributed by atoms with Gasteiger partial charge in [0.15, 0.2) is 6.10 Å². The van der Waals surface area contributed by atoms with Gasteiger partial charge in [0, 0.05) is 37.9 Å². The molecule has 5 fully saturated rings. The normalized spacial score (nSPS) is 26.4. The molecular weight excluding hydrogens is 718 g/mol. The first-order chi connectivity index (χ1) is 26.7. The van der Waals surface area contributed by atoms with Crippen LogP contribution < -0.4 is 21.3 Å². The van der Waals surface area contributed by atoms with E-state index in [1.54, 1.807) is 4.90 Å². The molecule has 6 amide bonds. The molecule has 1 aromatic heterocycles. The summed E-state index contributed by atoms with van der Waals surface area (Å²) < 4.78 is 0. The topological polar surface area (TPSA) is 206 Å². The third-order valence-corrected chi connectivity index (χ3v) is 12.4. The molecule has 1 spiro atoms. The molecule has 4 heterocycles. The molecule has 1 aromatic rings. The molecule has 0 radical (unpaired) electrons. The third kappa shape index (κ3) is 8.55. The number of likely N-dealkylation sites (tertiary alicyclic amines) is 1. The molecule has 3 aliphatic heterocycles. The molecule has 308 valence electrons. The number of rotatable bonds is 14. The van der Waals surface area contributed by atoms with Gasteiger partial charge in [-0.25, -0.2) is 4.98 Å². The predicted octanol–water partition coefficient (Wildman–Crippen LogP) is 1.23. The van der Waals surface area contributed by atoms with Crippen LogP contribution in [0.5, 0.6) is 0 Å². The van der Waals surface area contributed by atoms with Crippen LogP contribution >= 0.6 is 0 Å². The average molecular weight is 780 g/mol. The molecule has 7 atom stereocenters. The predicted molar refractivity (Wildman–Crippen MR) is 205 cm³/mol. The van der Waals surface area contributed by atoms with Gasteiger partial charge in [-0.1, -0.05) is 53.4 Å². The van der Waals surface area contributed by atoms with Crippen molar-refractivity contribution in [1.82, 2.24) is 45.9 Å². The number of nitrogens with one attached hydrogen (secondary N) is 4. The van der Waals surface area contributed by atoms with Crippen LogP contribution in [0, 0.1) is 11.3 Å². The van der Waals surface area contributed by atoms with E-state index in [4.69, 9.17) is 0 Å². The zero-order chi connectivity index (χ0) is 40.4. The van der Waals surface area contributed by atoms with Gasteiger partial charge in [0.25, 0.3) is 11.8 Å². The average Bonchev–Trinajstić information content (AvgIpc) is 3.60. The number of aliphatic hydroxyl groups is 1. The van der Waals surface area contributed by atoms with Gasteiger partial charge >= 0.3 is 0 Å². The summed E-state index contributed by atoms with van der Waals surface area (Å²) >= 11 is 0. The SMILES string of the molecule is CCCC(NC(=O)C1CC2(CN1C(=O)C(NC(=O)[C@@H](NC(=O)c1cnccn1)C1CCCCC1)C(C)(C)C)N(CC)C(=O)C1CCCN12)C(O)C(=O)NC1CC1. The number of nitrogens with zero attached hydrogens (tertiary/aromatic N) is 5. The molecule has 16 heteroatoms. The van der Waals surface area contributed by atoms with Crippen LogP contribution in [0.15, 0.2) is 18.6 Å². The van der Waals surface area contributed by atoms with Crippen molar-refractivity contribution in [2.75, 3.05) is 19.6 Å². The second-order valence-corrected chi connectivity index (χ2v) is 17.5. The minimum atomic E-state index is -1.49. The second kappa shape index (κ2) is 17.1. The minimum absolute atomic E-state index is 0.0221. The highest BCUT2D eigenvalue weighted by atomic mass is 16.3. The van der Waals surface area contributed by atoms with Crippen molar-refractivity contribution in [1.29, 1.82) is 0 Å². The zero-order valence-electron chi connectivity index (χ0n) is 33.6. The van der Waals surface area contributed by atoms with Crippen molar-refractivity contribution >= 4 is 35.4 Å². The molecule has 0 bridgehead atoms. The molecular formula is C40H61N9O7. The Morgan fingerprint density at radius 2 is 1.68 bits per heavy atom. The quantitative estimate of drug-likeness (QED) is 0.183. The van der Waals surface area contributed by atoms with Crippen molar-refractivity contribution in [2.24, 2.45) is 11.3 Å². The highest BCUT2D eigenvalue weighted by molar-refractivity contribution is 5.98. The van der Waals surface area contributed by atoms with Crippen LogP contribution in [0.3, 0.4) is 0 Å². The Hall–Kier alpha value is -4.18. The number of carbonyl (C=O) groups excluding carboxylic acids is 6. The Labute approximate surface area is 329 Å². The number of aromatic nitrogens is 2. The van der Waals surface area contributed by atoms with Gasteiger partial charge < -0.3 is 36.2 Å². The Morgan fingerprint density at radius 1 is 0.946 bits per heavy atom. The van der Waals surface area contributed by atoms with Crippen molar-refractivity contribution in [3.05, 3.63) is 24.3 Å². The standard InChI is InChI=1S/C40H61N9O7/c1-6-12-26(31(50)36(54)43-25-16-17-25)44-34(52)29-21-40(48(7-2)37(55)28-15-11-20-49(28)40)23-47(29)38(56)32(39(3,4)5)46-35(53)30(24-13-9-8-10-14-24)45-33(51)27-22-41-18-19-42-27/h18-19,22,24-26,28-32,50H,6-17,20-21,23H2,1-5H3,(H,43,54)(H,44,52)(H,45,51)(H,46,53)/t26?,28?,29?,30-,31?,32?,40?/m0/s1. The maximum atomic E-state index is 15.2. The van der Waals surface area contributed by atoms with Gasteiger partial charge in [0.1, 0.15) is 29.5 Å². The molecule has 0 aromatic carbocycles. The largest absolute Gasteiger partial charge is 0.381 e. The minimum Gasteiger partial charge on any atom is -0.381 e. The van der Waals surface area contributed by atoms with E-state index < -0.39 is 70.9 Å². The zero-order valence-corrected chi connectivity index (χ0v) is 33.6. The van der Waals surface area contributed by atoms with Gasteiger partial charge in [0.05, 0.1) is 24.8 Å². The fraction of sp³-hybridized carbons (Fsp3) is 0.750. The molecule has 56 heavy (non-hydrogen) atoms. The monoisotopic (exact) mass is 779 g/mol. The molecule has 3 saturated heterocycles. The Morgan fingerprint density at radius 3 is 2.30 bits per heavy atom. The summed E-state index contributed by atoms with van der Waals surface area (Å²) in [4.78, 5) is 97.8. The summed E-state index contributed by atoms with van der Waals surface area (Å²) in [6, 6.07) is -4.37. The van der Waals surface area contributed by atoms with Crippen molar-refractivity contribution in [3.63, 3.8) is 0 Å². The van der Waals surface area contributed by atoms with Crippen LogP contribution in [0.25, 0.3) is 0 Å². The van der Waals surface area contributed by atoms with Crippen molar-refractivity contribution < 1.29 is 33.9 Å². The number of fused-ring (bicyclic) bond motifs is 2. The summed E-state index contributed by atoms with van der Waals surface area (Å²) in [6.45, 7) is 10.4. The first-order valence-corrected chi connectivity index (χ1v) is 20.7. The molecule has 6 rings (SSSR count). The van der Waals surface area contributed by atoms with Gasteiger partial charge in [-0.15, -0.1) is 0 Å². The van der Waals surface area contributed by atoms with Crippen LogP contribution in [0.2, 0.25) is 0 Å². The number of carbonyl (C=O) groups is 6. The lowest BCUT2D eigenvalue weighted by Crippen LogP contribution is -2.62. The lowest BCUT2D eigenvalue weighted by Gasteiger charge is -2.40. The van der Waals surface area contributed by atoms with E-state index in [1.807, 2.05) is 34.6 Å². The van der Waals surface area contributed by atoms with E-state index in [9.17, 15) is 29.1 Å². The summed E-state index contributed by atoms with van der Waals surface area (Å²) in [5.74, 6) is -2.80. The highest BCUT2D eigenvalue weighted by Gasteiger charge is 2.64. The fourth-order valence-electron chi connectivity index (χ4n) is 9.39. The van der Waals surface area contributed by atoms with Gasteiger partial charge in [-0.05, 0) is 63.2 Å². The molecule has 16 nitrogen and oxygen atoms in total. The number of aliphatic hydroxyl groups excluding tert-OH is 1. The lowest BCUT2D eigenvalue weighted by atomic mass is 9.82. The van der Waals surface area contributed by atoms with Crippen LogP contribution in [0.4, 0.5) is 0 Å². The van der Waals surface area contributed by atoms with Crippen molar-refractivity contribution in [2.45, 2.75) is 160 Å². The second-order valence-electron chi connectivity index (χ2n) is 17.5. The number of amides is 6. The first-order valence-electron chi connectivity index (χ1n) is 20.7. The van der Waals surface area contributed by atoms with E-state index >= 15 is 4.79 Å². The summed E-state index contributed by atoms with van der Waals surface area (Å²) in [5, 5.41) is 22.8. The maximum absolute atomic E-state index is 15.2. The van der Waals surface area contributed by atoms with Crippen molar-refractivity contribution in [3.8, 4) is 0 Å². The molecule has 2 saturated carbocycles. The van der Waals surface area contributed by atoms with E-state index in [0.29, 0.717) is 32.4 Å². The smallest absolute Gasteiger partial charge is 0.272 e. The lowest BCUT2D eigenvalue weighted by molar-refractivity contribution is -0.145. The molecule has 5 aliphatic rings. The van der Waals surface area contributed by atoms with Gasteiger partial charge in [-0.2, -0.15) is 0 Å². The maximum Gasteiger partial charge on any atom is 0.272 e.